The number of phenolic OH excluding ortho intramolecular Hbond substituents is 1. The predicted octanol–water partition coefficient (Wildman–Crippen LogP) is 1.67. The van der Waals surface area contributed by atoms with E-state index in [2.05, 4.69) is 4.98 Å². The van der Waals surface area contributed by atoms with Crippen LogP contribution in [0, 0.1) is 0 Å². The molecule has 0 saturated carbocycles. The van der Waals surface area contributed by atoms with Crippen LogP contribution in [0.4, 0.5) is 5.69 Å². The van der Waals surface area contributed by atoms with Crippen molar-refractivity contribution in [2.24, 2.45) is 0 Å². The number of nitrogens with two attached hydrogens (primary N) is 1. The number of hydrogen-bond donors (Lipinski definition) is 2. The van der Waals surface area contributed by atoms with E-state index < -0.39 is 0 Å². The second-order valence-electron chi connectivity index (χ2n) is 4.21. The van der Waals surface area contributed by atoms with Gasteiger partial charge >= 0.3 is 0 Å². The molecule has 0 aliphatic carbocycles. The second-order valence-corrected chi connectivity index (χ2v) is 4.21. The third-order valence-corrected chi connectivity index (χ3v) is 2.91. The minimum Gasteiger partial charge on any atom is -0.508 e. The average Bonchev–Trinajstić information content (AvgIpc) is 2.40. The standard InChI is InChI=1S/C14H11N3O2/c15-9-1-3-10(4-2-9)17-8-16-13-7-11(18)5-6-12(13)14(17)19/h1-8,18H,15H2. The summed E-state index contributed by atoms with van der Waals surface area (Å²) in [4.78, 5) is 16.5. The van der Waals surface area contributed by atoms with Crippen LogP contribution in [0.15, 0.2) is 53.6 Å². The SMILES string of the molecule is Nc1ccc(-n2cnc3cc(O)ccc3c2=O)cc1. The molecule has 3 rings (SSSR count). The Hall–Kier alpha value is -2.82. The molecule has 0 bridgehead atoms. The van der Waals surface area contributed by atoms with Crippen LogP contribution in [0.5, 0.6) is 5.75 Å². The first kappa shape index (κ1) is 11.3. The van der Waals surface area contributed by atoms with Crippen LogP contribution in [0.3, 0.4) is 0 Å². The zero-order valence-corrected chi connectivity index (χ0v) is 9.95. The van der Waals surface area contributed by atoms with Crippen molar-refractivity contribution in [2.75, 3.05) is 5.73 Å². The van der Waals surface area contributed by atoms with Crippen LogP contribution in [0.25, 0.3) is 16.6 Å². The van der Waals surface area contributed by atoms with Crippen molar-refractivity contribution >= 4 is 16.6 Å². The number of rotatable bonds is 1. The topological polar surface area (TPSA) is 81.1 Å². The summed E-state index contributed by atoms with van der Waals surface area (Å²) < 4.78 is 1.44. The summed E-state index contributed by atoms with van der Waals surface area (Å²) in [6.07, 6.45) is 1.44. The highest BCUT2D eigenvalue weighted by atomic mass is 16.3. The zero-order valence-electron chi connectivity index (χ0n) is 9.95. The van der Waals surface area contributed by atoms with Gasteiger partial charge < -0.3 is 10.8 Å². The fraction of sp³-hybridized carbons (Fsp3) is 0. The molecule has 5 nitrogen and oxygen atoms in total. The lowest BCUT2D eigenvalue weighted by Gasteiger charge is -2.07. The monoisotopic (exact) mass is 253 g/mol. The minimum atomic E-state index is -0.185. The van der Waals surface area contributed by atoms with Crippen molar-refractivity contribution in [1.82, 2.24) is 9.55 Å². The van der Waals surface area contributed by atoms with Crippen LogP contribution in [0.1, 0.15) is 0 Å². The van der Waals surface area contributed by atoms with E-state index >= 15 is 0 Å². The highest BCUT2D eigenvalue weighted by Crippen LogP contribution is 2.16. The number of aromatic nitrogens is 2. The van der Waals surface area contributed by atoms with E-state index in [0.717, 1.165) is 0 Å². The Bertz CT molecular complexity index is 807. The summed E-state index contributed by atoms with van der Waals surface area (Å²) in [5.41, 5.74) is 7.23. The van der Waals surface area contributed by atoms with Crippen LogP contribution < -0.4 is 11.3 Å². The number of nitrogen functional groups attached to an aromatic ring is 1. The van der Waals surface area contributed by atoms with Gasteiger partial charge in [0.25, 0.3) is 5.56 Å². The lowest BCUT2D eigenvalue weighted by atomic mass is 10.2. The number of phenols is 1. The summed E-state index contributed by atoms with van der Waals surface area (Å²) in [5.74, 6) is 0.0876. The molecular formula is C14H11N3O2. The number of aromatic hydroxyl groups is 1. The van der Waals surface area contributed by atoms with E-state index in [-0.39, 0.29) is 11.3 Å². The maximum Gasteiger partial charge on any atom is 0.265 e. The van der Waals surface area contributed by atoms with Gasteiger partial charge in [0.05, 0.1) is 16.6 Å². The van der Waals surface area contributed by atoms with Crippen LogP contribution >= 0.6 is 0 Å². The first-order valence-electron chi connectivity index (χ1n) is 5.71. The summed E-state index contributed by atoms with van der Waals surface area (Å²) in [7, 11) is 0. The molecule has 0 amide bonds. The van der Waals surface area contributed by atoms with Gasteiger partial charge in [-0.1, -0.05) is 0 Å². The van der Waals surface area contributed by atoms with Crippen LogP contribution in [-0.2, 0) is 0 Å². The van der Waals surface area contributed by atoms with E-state index in [1.54, 1.807) is 30.3 Å². The van der Waals surface area contributed by atoms with Crippen molar-refractivity contribution in [1.29, 1.82) is 0 Å². The molecule has 0 spiro atoms. The Morgan fingerprint density at radius 3 is 2.58 bits per heavy atom. The Balaban J connectivity index is 2.26. The largest absolute Gasteiger partial charge is 0.508 e. The van der Waals surface area contributed by atoms with Gasteiger partial charge in [0, 0.05) is 11.8 Å². The number of hydrogen-bond acceptors (Lipinski definition) is 4. The van der Waals surface area contributed by atoms with E-state index in [0.29, 0.717) is 22.3 Å². The fourth-order valence-corrected chi connectivity index (χ4v) is 1.93. The summed E-state index contributed by atoms with van der Waals surface area (Å²) >= 11 is 0. The van der Waals surface area contributed by atoms with Gasteiger partial charge in [-0.05, 0) is 36.4 Å². The molecule has 19 heavy (non-hydrogen) atoms. The number of nitrogens with zero attached hydrogens (tertiary/aromatic N) is 2. The number of benzene rings is 2. The van der Waals surface area contributed by atoms with Gasteiger partial charge in [0.1, 0.15) is 12.1 Å². The molecule has 3 aromatic rings. The van der Waals surface area contributed by atoms with Crippen molar-refractivity contribution in [3.05, 3.63) is 59.1 Å². The summed E-state index contributed by atoms with van der Waals surface area (Å²) in [5, 5.41) is 9.83. The summed E-state index contributed by atoms with van der Waals surface area (Å²) in [6, 6.07) is 11.5. The van der Waals surface area contributed by atoms with Gasteiger partial charge in [-0.15, -0.1) is 0 Å². The lowest BCUT2D eigenvalue weighted by Crippen LogP contribution is -2.18. The van der Waals surface area contributed by atoms with Gasteiger partial charge in [-0.25, -0.2) is 4.98 Å². The van der Waals surface area contributed by atoms with Crippen molar-refractivity contribution in [3.63, 3.8) is 0 Å². The minimum absolute atomic E-state index is 0.0876. The molecule has 1 heterocycles. The van der Waals surface area contributed by atoms with Crippen LogP contribution in [0.2, 0.25) is 0 Å². The normalized spacial score (nSPS) is 10.7. The number of fused-ring (bicyclic) bond motifs is 1. The molecule has 5 heteroatoms. The molecular weight excluding hydrogens is 242 g/mol. The Kier molecular flexibility index (Phi) is 2.45. The first-order valence-corrected chi connectivity index (χ1v) is 5.71. The highest BCUT2D eigenvalue weighted by Gasteiger charge is 2.06. The predicted molar refractivity (Wildman–Crippen MR) is 73.4 cm³/mol. The van der Waals surface area contributed by atoms with Crippen LogP contribution in [-0.4, -0.2) is 14.7 Å². The molecule has 1 aromatic heterocycles. The third-order valence-electron chi connectivity index (χ3n) is 2.91. The third kappa shape index (κ3) is 1.91. The van der Waals surface area contributed by atoms with Crippen molar-refractivity contribution in [2.45, 2.75) is 0 Å². The molecule has 0 radical (unpaired) electrons. The first-order chi connectivity index (χ1) is 9.15. The smallest absolute Gasteiger partial charge is 0.265 e. The average molecular weight is 253 g/mol. The number of anilines is 1. The van der Waals surface area contributed by atoms with Gasteiger partial charge in [-0.3, -0.25) is 9.36 Å². The highest BCUT2D eigenvalue weighted by molar-refractivity contribution is 5.79. The maximum absolute atomic E-state index is 12.3. The molecule has 0 aliphatic heterocycles. The molecule has 3 N–H and O–H groups in total. The van der Waals surface area contributed by atoms with E-state index in [9.17, 15) is 9.90 Å². The van der Waals surface area contributed by atoms with Gasteiger partial charge in [-0.2, -0.15) is 0 Å². The van der Waals surface area contributed by atoms with Gasteiger partial charge in [0.15, 0.2) is 0 Å². The molecule has 2 aromatic carbocycles. The Morgan fingerprint density at radius 2 is 1.84 bits per heavy atom. The summed E-state index contributed by atoms with van der Waals surface area (Å²) in [6.45, 7) is 0. The molecule has 0 atom stereocenters. The zero-order chi connectivity index (χ0) is 13.4. The molecule has 0 fully saturated rings. The molecule has 94 valence electrons. The lowest BCUT2D eigenvalue weighted by molar-refractivity contribution is 0.476. The van der Waals surface area contributed by atoms with E-state index in [4.69, 9.17) is 5.73 Å². The van der Waals surface area contributed by atoms with E-state index in [1.807, 2.05) is 0 Å². The molecule has 0 unspecified atom stereocenters. The van der Waals surface area contributed by atoms with Gasteiger partial charge in [0.2, 0.25) is 0 Å². The second kappa shape index (κ2) is 4.13. The van der Waals surface area contributed by atoms with Crippen molar-refractivity contribution < 1.29 is 5.11 Å². The quantitative estimate of drug-likeness (QED) is 0.646. The maximum atomic E-state index is 12.3. The molecule has 0 aliphatic rings. The Labute approximate surface area is 108 Å². The Morgan fingerprint density at radius 1 is 1.11 bits per heavy atom. The fourth-order valence-electron chi connectivity index (χ4n) is 1.93. The molecule has 0 saturated heterocycles. The van der Waals surface area contributed by atoms with Crippen molar-refractivity contribution in [3.8, 4) is 11.4 Å². The van der Waals surface area contributed by atoms with E-state index in [1.165, 1.54) is 23.0 Å².